The summed E-state index contributed by atoms with van der Waals surface area (Å²) in [4.78, 5) is 22.6. The van der Waals surface area contributed by atoms with E-state index in [9.17, 15) is 9.59 Å². The maximum absolute atomic E-state index is 11.4. The Kier molecular flexibility index (Phi) is 8.44. The van der Waals surface area contributed by atoms with Gasteiger partial charge in [0, 0.05) is 24.2 Å². The third kappa shape index (κ3) is 6.77. The topological polar surface area (TPSA) is 139 Å². The molecular weight excluding hydrogens is 352 g/mol. The van der Waals surface area contributed by atoms with Crippen molar-refractivity contribution in [3.8, 4) is 23.0 Å². The fourth-order valence-corrected chi connectivity index (χ4v) is 1.93. The van der Waals surface area contributed by atoms with Crippen LogP contribution in [0.3, 0.4) is 0 Å². The normalized spacial score (nSPS) is 9.70. The van der Waals surface area contributed by atoms with Crippen LogP contribution in [-0.4, -0.2) is 45.3 Å². The Labute approximate surface area is 157 Å². The second-order valence-electron chi connectivity index (χ2n) is 5.52. The summed E-state index contributed by atoms with van der Waals surface area (Å²) in [5.74, 6) is -1.54. The first-order chi connectivity index (χ1) is 12.8. The molecule has 0 saturated carbocycles. The Hall–Kier alpha value is -3.42. The summed E-state index contributed by atoms with van der Waals surface area (Å²) < 4.78 is 0. The van der Waals surface area contributed by atoms with Gasteiger partial charge in [-0.05, 0) is 49.7 Å². The first kappa shape index (κ1) is 21.6. The lowest BCUT2D eigenvalue weighted by molar-refractivity contribution is 0.0946. The first-order valence-electron chi connectivity index (χ1n) is 8.40. The number of carbonyl (C=O) groups excluding carboxylic acids is 2. The van der Waals surface area contributed by atoms with Crippen molar-refractivity contribution >= 4 is 11.8 Å². The maximum atomic E-state index is 11.4. The van der Waals surface area contributed by atoms with Crippen molar-refractivity contribution in [3.63, 3.8) is 0 Å². The lowest BCUT2D eigenvalue weighted by Crippen LogP contribution is -2.23. The molecule has 0 aliphatic carbocycles. The van der Waals surface area contributed by atoms with E-state index in [0.717, 1.165) is 6.42 Å². The predicted octanol–water partition coefficient (Wildman–Crippen LogP) is 2.09. The van der Waals surface area contributed by atoms with Gasteiger partial charge in [0.2, 0.25) is 0 Å². The van der Waals surface area contributed by atoms with Crippen molar-refractivity contribution in [2.24, 2.45) is 0 Å². The zero-order chi connectivity index (χ0) is 20.4. The number of nitrogens with one attached hydrogen (secondary N) is 2. The van der Waals surface area contributed by atoms with Crippen LogP contribution < -0.4 is 10.6 Å². The molecule has 0 spiro atoms. The lowest BCUT2D eigenvalue weighted by Gasteiger charge is -2.04. The van der Waals surface area contributed by atoms with Gasteiger partial charge in [-0.15, -0.1) is 0 Å². The molecule has 2 amide bonds. The average Bonchev–Trinajstić information content (AvgIpc) is 2.65. The molecule has 0 saturated heterocycles. The van der Waals surface area contributed by atoms with Gasteiger partial charge in [-0.1, -0.05) is 6.92 Å². The Morgan fingerprint density at radius 3 is 1.56 bits per heavy atom. The van der Waals surface area contributed by atoms with E-state index in [-0.39, 0.29) is 34.8 Å². The van der Waals surface area contributed by atoms with Gasteiger partial charge < -0.3 is 31.1 Å². The van der Waals surface area contributed by atoms with E-state index >= 15 is 0 Å². The predicted molar refractivity (Wildman–Crippen MR) is 100 cm³/mol. The van der Waals surface area contributed by atoms with Gasteiger partial charge in [0.25, 0.3) is 11.8 Å². The van der Waals surface area contributed by atoms with Crippen molar-refractivity contribution in [2.45, 2.75) is 20.3 Å². The highest BCUT2D eigenvalue weighted by Crippen LogP contribution is 2.25. The summed E-state index contributed by atoms with van der Waals surface area (Å²) in [6, 6.07) is 7.93. The van der Waals surface area contributed by atoms with E-state index in [2.05, 4.69) is 10.6 Å². The third-order valence-electron chi connectivity index (χ3n) is 3.35. The Morgan fingerprint density at radius 2 is 1.19 bits per heavy atom. The maximum Gasteiger partial charge on any atom is 0.251 e. The fourth-order valence-electron chi connectivity index (χ4n) is 1.93. The largest absolute Gasteiger partial charge is 0.504 e. The number of phenolic OH excluding ortho intramolecular Hbond substituents is 4. The quantitative estimate of drug-likeness (QED) is 0.442. The van der Waals surface area contributed by atoms with Crippen LogP contribution in [0.25, 0.3) is 0 Å². The zero-order valence-electron chi connectivity index (χ0n) is 15.2. The van der Waals surface area contributed by atoms with Crippen LogP contribution in [0.2, 0.25) is 0 Å². The van der Waals surface area contributed by atoms with Gasteiger partial charge in [-0.2, -0.15) is 0 Å². The molecule has 0 heterocycles. The molecule has 0 unspecified atom stereocenters. The first-order valence-corrected chi connectivity index (χ1v) is 8.40. The summed E-state index contributed by atoms with van der Waals surface area (Å²) in [5, 5.41) is 41.5. The molecule has 0 aliphatic heterocycles. The second kappa shape index (κ2) is 10.5. The number of hydrogen-bond donors (Lipinski definition) is 6. The molecular formula is C19H24N2O6. The molecule has 2 aromatic rings. The van der Waals surface area contributed by atoms with E-state index in [1.165, 1.54) is 36.4 Å². The lowest BCUT2D eigenvalue weighted by atomic mass is 10.2. The van der Waals surface area contributed by atoms with Crippen molar-refractivity contribution in [1.82, 2.24) is 10.6 Å². The van der Waals surface area contributed by atoms with Gasteiger partial charge in [0.05, 0.1) is 0 Å². The number of amides is 2. The molecule has 8 heteroatoms. The van der Waals surface area contributed by atoms with Gasteiger partial charge in [0.1, 0.15) is 0 Å². The summed E-state index contributed by atoms with van der Waals surface area (Å²) in [7, 11) is 0. The van der Waals surface area contributed by atoms with Crippen molar-refractivity contribution in [3.05, 3.63) is 47.5 Å². The molecule has 0 fully saturated rings. The van der Waals surface area contributed by atoms with E-state index in [1.54, 1.807) is 6.92 Å². The number of phenols is 4. The molecule has 146 valence electrons. The molecule has 0 atom stereocenters. The third-order valence-corrected chi connectivity index (χ3v) is 3.35. The van der Waals surface area contributed by atoms with Crippen LogP contribution >= 0.6 is 0 Å². The summed E-state index contributed by atoms with van der Waals surface area (Å²) in [5.41, 5.74) is 0.672. The molecule has 2 aromatic carbocycles. The molecule has 6 N–H and O–H groups in total. The minimum atomic E-state index is -0.288. The van der Waals surface area contributed by atoms with Gasteiger partial charge in [0.15, 0.2) is 23.0 Å². The standard InChI is InChI=1S/C10H13NO3.C9H11NO3/c1-2-5-11-10(14)7-3-4-8(12)9(13)6-7;1-2-10-9(13)6-3-4-7(11)8(12)5-6/h3-4,6,12-13H,2,5H2,1H3,(H,11,14);3-5,11-12H,2H2,1H3,(H,10,13). The minimum Gasteiger partial charge on any atom is -0.504 e. The van der Waals surface area contributed by atoms with Crippen LogP contribution in [0.5, 0.6) is 23.0 Å². The molecule has 2 rings (SSSR count). The van der Waals surface area contributed by atoms with Gasteiger partial charge in [-0.25, -0.2) is 0 Å². The molecule has 0 radical (unpaired) electrons. The minimum absolute atomic E-state index is 0.225. The van der Waals surface area contributed by atoms with Gasteiger partial charge >= 0.3 is 0 Å². The fraction of sp³-hybridized carbons (Fsp3) is 0.263. The molecule has 27 heavy (non-hydrogen) atoms. The van der Waals surface area contributed by atoms with Crippen LogP contribution in [0.15, 0.2) is 36.4 Å². The smallest absolute Gasteiger partial charge is 0.251 e. The Morgan fingerprint density at radius 1 is 0.741 bits per heavy atom. The van der Waals surface area contributed by atoms with Crippen LogP contribution in [0, 0.1) is 0 Å². The van der Waals surface area contributed by atoms with E-state index in [1.807, 2.05) is 6.92 Å². The molecule has 0 aromatic heterocycles. The second-order valence-corrected chi connectivity index (χ2v) is 5.52. The highest BCUT2D eigenvalue weighted by atomic mass is 16.3. The van der Waals surface area contributed by atoms with Crippen molar-refractivity contribution < 1.29 is 30.0 Å². The van der Waals surface area contributed by atoms with Crippen LogP contribution in [0.4, 0.5) is 0 Å². The Balaban J connectivity index is 0.000000271. The number of rotatable bonds is 5. The summed E-state index contributed by atoms with van der Waals surface area (Å²) in [6.07, 6.45) is 0.857. The highest BCUT2D eigenvalue weighted by Gasteiger charge is 2.08. The summed E-state index contributed by atoms with van der Waals surface area (Å²) in [6.45, 7) is 4.88. The number of benzene rings is 2. The SMILES string of the molecule is CCCNC(=O)c1ccc(O)c(O)c1.CCNC(=O)c1ccc(O)c(O)c1. The average molecular weight is 376 g/mol. The van der Waals surface area contributed by atoms with Crippen molar-refractivity contribution in [1.29, 1.82) is 0 Å². The van der Waals surface area contributed by atoms with Gasteiger partial charge in [-0.3, -0.25) is 9.59 Å². The highest BCUT2D eigenvalue weighted by molar-refractivity contribution is 5.95. The number of carbonyl (C=O) groups is 2. The zero-order valence-corrected chi connectivity index (χ0v) is 15.2. The molecule has 0 aliphatic rings. The summed E-state index contributed by atoms with van der Waals surface area (Å²) >= 11 is 0. The van der Waals surface area contributed by atoms with Crippen LogP contribution in [0.1, 0.15) is 41.0 Å². The molecule has 0 bridgehead atoms. The van der Waals surface area contributed by atoms with E-state index in [4.69, 9.17) is 20.4 Å². The Bertz CT molecular complexity index is 792. The van der Waals surface area contributed by atoms with Crippen molar-refractivity contribution in [2.75, 3.05) is 13.1 Å². The number of hydrogen-bond acceptors (Lipinski definition) is 6. The number of aromatic hydroxyl groups is 4. The van der Waals surface area contributed by atoms with E-state index < -0.39 is 0 Å². The molecule has 8 nitrogen and oxygen atoms in total. The van der Waals surface area contributed by atoms with E-state index in [0.29, 0.717) is 24.2 Å². The monoisotopic (exact) mass is 376 g/mol. The van der Waals surface area contributed by atoms with Crippen LogP contribution in [-0.2, 0) is 0 Å².